The van der Waals surface area contributed by atoms with Gasteiger partial charge in [-0.25, -0.2) is 0 Å². The molecule has 230 valence electrons. The van der Waals surface area contributed by atoms with Gasteiger partial charge in [0.15, 0.2) is 5.78 Å². The molecule has 9 atom stereocenters. The fourth-order valence-electron chi connectivity index (χ4n) is 7.71. The molecule has 2 amide bonds. The second-order valence-corrected chi connectivity index (χ2v) is 12.7. The van der Waals surface area contributed by atoms with Gasteiger partial charge < -0.3 is 30.9 Å². The number of rotatable bonds is 3. The van der Waals surface area contributed by atoms with Crippen molar-refractivity contribution in [1.82, 2.24) is 15.6 Å². The van der Waals surface area contributed by atoms with Crippen LogP contribution < -0.4 is 10.6 Å². The van der Waals surface area contributed by atoms with Gasteiger partial charge in [-0.1, -0.05) is 48.9 Å². The third-order valence-corrected chi connectivity index (χ3v) is 9.95. The highest BCUT2D eigenvalue weighted by atomic mass is 16.3. The van der Waals surface area contributed by atoms with Crippen LogP contribution in [0.25, 0.3) is 10.9 Å². The Balaban J connectivity index is 1.66. The van der Waals surface area contributed by atoms with E-state index in [0.29, 0.717) is 18.4 Å². The van der Waals surface area contributed by atoms with Crippen LogP contribution in [0.5, 0.6) is 0 Å². The number of aliphatic hydroxyl groups is 3. The lowest BCUT2D eigenvalue weighted by molar-refractivity contribution is -0.148. The number of para-hydroxylation sites is 1. The molecule has 0 bridgehead atoms. The predicted octanol–water partition coefficient (Wildman–Crippen LogP) is 2.87. The molecule has 1 aromatic heterocycles. The van der Waals surface area contributed by atoms with Crippen LogP contribution in [-0.2, 0) is 20.8 Å². The first kappa shape index (κ1) is 30.9. The number of hydrogen-bond donors (Lipinski definition) is 6. The predicted molar refractivity (Wildman–Crippen MR) is 164 cm³/mol. The molecule has 1 aromatic carbocycles. The van der Waals surface area contributed by atoms with E-state index in [1.807, 2.05) is 63.4 Å². The van der Waals surface area contributed by atoms with Gasteiger partial charge >= 0.3 is 0 Å². The lowest BCUT2D eigenvalue weighted by Crippen LogP contribution is -2.58. The normalized spacial score (nSPS) is 37.3. The molecule has 0 radical (unpaired) electrons. The number of aromatic amines is 1. The summed E-state index contributed by atoms with van der Waals surface area (Å²) in [5.74, 6) is -2.91. The summed E-state index contributed by atoms with van der Waals surface area (Å²) in [6.45, 7) is 8.68. The van der Waals surface area contributed by atoms with Crippen molar-refractivity contribution in [2.75, 3.05) is 0 Å². The monoisotopic (exact) mass is 589 g/mol. The van der Waals surface area contributed by atoms with Gasteiger partial charge in [-0.3, -0.25) is 14.4 Å². The largest absolute Gasteiger partial charge is 0.388 e. The Bertz CT molecular complexity index is 1520. The number of ketones is 1. The number of carbonyl (C=O) groups excluding carboxylic acids is 3. The highest BCUT2D eigenvalue weighted by Crippen LogP contribution is 2.55. The van der Waals surface area contributed by atoms with Crippen LogP contribution in [0.2, 0.25) is 0 Å². The van der Waals surface area contributed by atoms with Crippen molar-refractivity contribution in [1.29, 1.82) is 0 Å². The number of amides is 2. The second-order valence-electron chi connectivity index (χ2n) is 12.7. The number of allylic oxidation sites excluding steroid dienone is 2. The lowest BCUT2D eigenvalue weighted by atomic mass is 9.54. The standard InChI is InChI=1S/C34H43N3O6/c1-17-9-8-11-24-31(41)20(4)19(3)29-26(14-22-16-35-25-12-7-6-10-23(22)25)37-33(43)34(24,29)28(39)15-27(36-21(5)38)32(42)30(40)18(2)13-17/h6-8,10-13,16-17,24,26-27,29-32,35,40-42H,9,14-15H2,1-5H3,(H,36,38)(H,37,43)/b11-8+,18-13-/t17-,24-,26+,27+,29-,30-,31-,32-,34-/m0/s1. The zero-order chi connectivity index (χ0) is 31.2. The third kappa shape index (κ3) is 5.28. The number of Topliss-reactive ketones (excluding diaryl/α,β-unsaturated/α-hetero) is 1. The molecule has 6 N–H and O–H groups in total. The first-order valence-electron chi connectivity index (χ1n) is 15.1. The molecule has 43 heavy (non-hydrogen) atoms. The van der Waals surface area contributed by atoms with Gasteiger partial charge in [0.1, 0.15) is 17.6 Å². The highest BCUT2D eigenvalue weighted by Gasteiger charge is 2.67. The van der Waals surface area contributed by atoms with Crippen LogP contribution in [0.15, 0.2) is 65.4 Å². The van der Waals surface area contributed by atoms with Crippen LogP contribution in [0.1, 0.15) is 53.0 Å². The molecule has 5 rings (SSSR count). The summed E-state index contributed by atoms with van der Waals surface area (Å²) in [7, 11) is 0. The Morgan fingerprint density at radius 3 is 2.51 bits per heavy atom. The van der Waals surface area contributed by atoms with Crippen molar-refractivity contribution in [2.45, 2.75) is 84.3 Å². The number of aliphatic hydroxyl groups excluding tert-OH is 3. The van der Waals surface area contributed by atoms with Gasteiger partial charge in [-0.15, -0.1) is 0 Å². The topological polar surface area (TPSA) is 152 Å². The minimum Gasteiger partial charge on any atom is -0.388 e. The molecule has 3 aliphatic rings. The molecule has 2 heterocycles. The Hall–Kier alpha value is -3.53. The fraction of sp³-hybridized carbons (Fsp3) is 0.500. The van der Waals surface area contributed by atoms with E-state index in [-0.39, 0.29) is 5.92 Å². The van der Waals surface area contributed by atoms with Gasteiger partial charge in [-0.2, -0.15) is 0 Å². The molecule has 0 unspecified atom stereocenters. The zero-order valence-corrected chi connectivity index (χ0v) is 25.4. The molecule has 1 aliphatic heterocycles. The smallest absolute Gasteiger partial charge is 0.235 e. The summed E-state index contributed by atoms with van der Waals surface area (Å²) in [4.78, 5) is 44.6. The van der Waals surface area contributed by atoms with Crippen LogP contribution in [0, 0.1) is 23.2 Å². The van der Waals surface area contributed by atoms with Crippen LogP contribution in [0.3, 0.4) is 0 Å². The summed E-state index contributed by atoms with van der Waals surface area (Å²) in [6.07, 6.45) is 4.19. The zero-order valence-electron chi connectivity index (χ0n) is 25.4. The van der Waals surface area contributed by atoms with E-state index >= 15 is 0 Å². The third-order valence-electron chi connectivity index (χ3n) is 9.95. The van der Waals surface area contributed by atoms with Crippen LogP contribution >= 0.6 is 0 Å². The molecular formula is C34H43N3O6. The summed E-state index contributed by atoms with van der Waals surface area (Å²) >= 11 is 0. The number of hydrogen-bond acceptors (Lipinski definition) is 6. The van der Waals surface area contributed by atoms with Crippen molar-refractivity contribution in [3.05, 3.63) is 71.0 Å². The Labute approximate surface area is 252 Å². The lowest BCUT2D eigenvalue weighted by Gasteiger charge is -2.46. The summed E-state index contributed by atoms with van der Waals surface area (Å²) in [6, 6.07) is 6.32. The van der Waals surface area contributed by atoms with E-state index in [1.165, 1.54) is 6.92 Å². The quantitative estimate of drug-likeness (QED) is 0.239. The van der Waals surface area contributed by atoms with E-state index < -0.39 is 71.7 Å². The number of benzene rings is 1. The van der Waals surface area contributed by atoms with Crippen molar-refractivity contribution in [2.24, 2.45) is 23.2 Å². The maximum Gasteiger partial charge on any atom is 0.235 e. The molecule has 1 spiro atoms. The molecule has 1 saturated heterocycles. The average molecular weight is 590 g/mol. The van der Waals surface area contributed by atoms with Gasteiger partial charge in [-0.05, 0) is 62.3 Å². The fourth-order valence-corrected chi connectivity index (χ4v) is 7.71. The molecular weight excluding hydrogens is 546 g/mol. The van der Waals surface area contributed by atoms with Crippen molar-refractivity contribution < 1.29 is 29.7 Å². The molecule has 2 aromatic rings. The minimum atomic E-state index is -1.68. The maximum atomic E-state index is 14.7. The van der Waals surface area contributed by atoms with Crippen molar-refractivity contribution >= 4 is 28.5 Å². The Morgan fingerprint density at radius 1 is 1.07 bits per heavy atom. The molecule has 2 aliphatic carbocycles. The summed E-state index contributed by atoms with van der Waals surface area (Å²) < 4.78 is 0. The number of carbonyl (C=O) groups is 3. The number of aromatic nitrogens is 1. The van der Waals surface area contributed by atoms with E-state index in [1.54, 1.807) is 13.0 Å². The first-order chi connectivity index (χ1) is 20.4. The average Bonchev–Trinajstić information content (AvgIpc) is 3.50. The SMILES string of the molecule is CC(=O)N[C@@H]1CC(=O)[C@]23C(=O)N[C@H](Cc4c[nH]c5ccccc45)[C@@H]2C(C)=C(C)[C@H](O)[C@@H]3/C=C/C[C@H](C)/C=C(/C)[C@H](O)[C@H]1O. The van der Waals surface area contributed by atoms with Crippen LogP contribution in [0.4, 0.5) is 0 Å². The van der Waals surface area contributed by atoms with E-state index in [4.69, 9.17) is 0 Å². The molecule has 0 saturated carbocycles. The minimum absolute atomic E-state index is 0.0355. The number of nitrogens with one attached hydrogen (secondary N) is 3. The molecule has 9 nitrogen and oxygen atoms in total. The first-order valence-corrected chi connectivity index (χ1v) is 15.1. The van der Waals surface area contributed by atoms with Crippen molar-refractivity contribution in [3.8, 4) is 0 Å². The van der Waals surface area contributed by atoms with Gasteiger partial charge in [0, 0.05) is 48.3 Å². The van der Waals surface area contributed by atoms with Crippen molar-refractivity contribution in [3.63, 3.8) is 0 Å². The molecule has 9 heteroatoms. The van der Waals surface area contributed by atoms with E-state index in [0.717, 1.165) is 27.6 Å². The highest BCUT2D eigenvalue weighted by molar-refractivity contribution is 6.10. The maximum absolute atomic E-state index is 14.7. The van der Waals surface area contributed by atoms with Gasteiger partial charge in [0.2, 0.25) is 11.8 Å². The number of fused-ring (bicyclic) bond motifs is 1. The second kappa shape index (κ2) is 11.9. The van der Waals surface area contributed by atoms with Crippen LogP contribution in [-0.4, -0.2) is 68.3 Å². The Kier molecular flexibility index (Phi) is 8.53. The summed E-state index contributed by atoms with van der Waals surface area (Å²) in [5.41, 5.74) is 2.32. The van der Waals surface area contributed by atoms with Gasteiger partial charge in [0.05, 0.1) is 12.1 Å². The summed E-state index contributed by atoms with van der Waals surface area (Å²) in [5, 5.41) is 40.8. The van der Waals surface area contributed by atoms with E-state index in [9.17, 15) is 29.7 Å². The van der Waals surface area contributed by atoms with E-state index in [2.05, 4.69) is 15.6 Å². The number of H-pyrrole nitrogens is 1. The molecule has 1 fully saturated rings. The van der Waals surface area contributed by atoms with Gasteiger partial charge in [0.25, 0.3) is 0 Å². The Morgan fingerprint density at radius 2 is 1.79 bits per heavy atom.